The molecule has 5 heteroatoms. The van der Waals surface area contributed by atoms with Gasteiger partial charge in [-0.2, -0.15) is 0 Å². The molecule has 1 aliphatic rings. The maximum atomic E-state index is 12.7. The molecule has 0 saturated carbocycles. The highest BCUT2D eigenvalue weighted by atomic mass is 35.5. The Morgan fingerprint density at radius 1 is 1.17 bits per heavy atom. The largest absolute Gasteiger partial charge is 0.350 e. The maximum Gasteiger partial charge on any atom is 0.270 e. The monoisotopic (exact) mass is 347 g/mol. The highest BCUT2D eigenvalue weighted by Gasteiger charge is 2.24. The van der Waals surface area contributed by atoms with E-state index in [4.69, 9.17) is 11.6 Å². The van der Waals surface area contributed by atoms with Crippen molar-refractivity contribution in [2.75, 3.05) is 32.7 Å². The molecule has 1 saturated heterocycles. The van der Waals surface area contributed by atoms with Crippen LogP contribution in [0.5, 0.6) is 0 Å². The SMILES string of the molecule is CC(C)(C)CCN1CCN(C(=O)c2cc3ccc(Cl)cc3[nH]2)CC1. The zero-order valence-electron chi connectivity index (χ0n) is 14.7. The second-order valence-electron chi connectivity index (χ2n) is 7.86. The van der Waals surface area contributed by atoms with E-state index in [9.17, 15) is 4.79 Å². The van der Waals surface area contributed by atoms with E-state index in [0.717, 1.165) is 43.6 Å². The first-order chi connectivity index (χ1) is 11.3. The summed E-state index contributed by atoms with van der Waals surface area (Å²) in [6, 6.07) is 7.56. The van der Waals surface area contributed by atoms with Gasteiger partial charge in [-0.3, -0.25) is 9.69 Å². The Kier molecular flexibility index (Phi) is 4.88. The Balaban J connectivity index is 1.60. The molecule has 4 nitrogen and oxygen atoms in total. The Labute approximate surface area is 148 Å². The van der Waals surface area contributed by atoms with Crippen LogP contribution in [-0.4, -0.2) is 53.4 Å². The lowest BCUT2D eigenvalue weighted by molar-refractivity contribution is 0.0618. The number of benzene rings is 1. The summed E-state index contributed by atoms with van der Waals surface area (Å²) in [5.41, 5.74) is 1.92. The van der Waals surface area contributed by atoms with Crippen LogP contribution in [0.1, 0.15) is 37.7 Å². The standard InChI is InChI=1S/C19H26ClN3O/c1-19(2,3)6-7-22-8-10-23(11-9-22)18(24)17-12-14-4-5-15(20)13-16(14)21-17/h4-5,12-13,21H,6-11H2,1-3H3. The van der Waals surface area contributed by atoms with E-state index >= 15 is 0 Å². The van der Waals surface area contributed by atoms with Crippen LogP contribution in [0, 0.1) is 5.41 Å². The molecule has 1 aliphatic heterocycles. The number of rotatable bonds is 3. The van der Waals surface area contributed by atoms with Gasteiger partial charge < -0.3 is 9.88 Å². The van der Waals surface area contributed by atoms with Crippen molar-refractivity contribution >= 4 is 28.4 Å². The van der Waals surface area contributed by atoms with E-state index < -0.39 is 0 Å². The lowest BCUT2D eigenvalue weighted by atomic mass is 9.92. The number of halogens is 1. The van der Waals surface area contributed by atoms with Gasteiger partial charge in [0.05, 0.1) is 0 Å². The number of fused-ring (bicyclic) bond motifs is 1. The number of nitrogens with zero attached hydrogens (tertiary/aromatic N) is 2. The lowest BCUT2D eigenvalue weighted by Gasteiger charge is -2.35. The van der Waals surface area contributed by atoms with Crippen molar-refractivity contribution in [1.29, 1.82) is 0 Å². The van der Waals surface area contributed by atoms with Crippen LogP contribution in [0.3, 0.4) is 0 Å². The molecule has 0 unspecified atom stereocenters. The fraction of sp³-hybridized carbons (Fsp3) is 0.526. The minimum Gasteiger partial charge on any atom is -0.350 e. The molecule has 1 fully saturated rings. The molecule has 0 atom stereocenters. The van der Waals surface area contributed by atoms with E-state index in [1.54, 1.807) is 0 Å². The summed E-state index contributed by atoms with van der Waals surface area (Å²) in [6.45, 7) is 11.4. The normalized spacial score (nSPS) is 16.8. The molecule has 1 aromatic heterocycles. The van der Waals surface area contributed by atoms with Gasteiger partial charge in [-0.15, -0.1) is 0 Å². The van der Waals surface area contributed by atoms with Crippen molar-refractivity contribution in [2.45, 2.75) is 27.2 Å². The van der Waals surface area contributed by atoms with Gasteiger partial charge >= 0.3 is 0 Å². The third-order valence-corrected chi connectivity index (χ3v) is 4.89. The Morgan fingerprint density at radius 3 is 2.54 bits per heavy atom. The topological polar surface area (TPSA) is 39.3 Å². The lowest BCUT2D eigenvalue weighted by Crippen LogP contribution is -2.49. The number of aromatic nitrogens is 1. The first kappa shape index (κ1) is 17.3. The van der Waals surface area contributed by atoms with Gasteiger partial charge in [-0.1, -0.05) is 38.4 Å². The maximum absolute atomic E-state index is 12.7. The van der Waals surface area contributed by atoms with E-state index in [2.05, 4.69) is 30.7 Å². The van der Waals surface area contributed by atoms with Gasteiger partial charge in [-0.25, -0.2) is 0 Å². The third-order valence-electron chi connectivity index (χ3n) is 4.65. The Morgan fingerprint density at radius 2 is 1.88 bits per heavy atom. The number of hydrogen-bond donors (Lipinski definition) is 1. The second kappa shape index (κ2) is 6.77. The van der Waals surface area contributed by atoms with Crippen LogP contribution in [0.25, 0.3) is 10.9 Å². The van der Waals surface area contributed by atoms with Gasteiger partial charge in [0, 0.05) is 42.1 Å². The van der Waals surface area contributed by atoms with E-state index in [1.165, 1.54) is 6.42 Å². The average Bonchev–Trinajstić information content (AvgIpc) is 2.95. The minimum atomic E-state index is 0.0813. The van der Waals surface area contributed by atoms with E-state index in [0.29, 0.717) is 16.1 Å². The van der Waals surface area contributed by atoms with Crippen LogP contribution in [0.15, 0.2) is 24.3 Å². The molecule has 2 heterocycles. The summed E-state index contributed by atoms with van der Waals surface area (Å²) >= 11 is 6.01. The predicted octanol–water partition coefficient (Wildman–Crippen LogP) is 4.02. The van der Waals surface area contributed by atoms with Gasteiger partial charge in [0.2, 0.25) is 0 Å². The third kappa shape index (κ3) is 4.11. The fourth-order valence-corrected chi connectivity index (χ4v) is 3.23. The summed E-state index contributed by atoms with van der Waals surface area (Å²) in [4.78, 5) is 20.3. The van der Waals surface area contributed by atoms with Crippen molar-refractivity contribution in [1.82, 2.24) is 14.8 Å². The zero-order valence-corrected chi connectivity index (χ0v) is 15.5. The van der Waals surface area contributed by atoms with Crippen molar-refractivity contribution in [3.8, 4) is 0 Å². The van der Waals surface area contributed by atoms with E-state index in [-0.39, 0.29) is 5.91 Å². The molecule has 3 rings (SSSR count). The number of nitrogens with one attached hydrogen (secondary N) is 1. The van der Waals surface area contributed by atoms with Crippen molar-refractivity contribution in [3.05, 3.63) is 35.0 Å². The van der Waals surface area contributed by atoms with Crippen LogP contribution in [-0.2, 0) is 0 Å². The first-order valence-corrected chi connectivity index (χ1v) is 8.99. The van der Waals surface area contributed by atoms with Crippen LogP contribution < -0.4 is 0 Å². The molecule has 0 aliphatic carbocycles. The highest BCUT2D eigenvalue weighted by Crippen LogP contribution is 2.22. The molecule has 2 aromatic rings. The Hall–Kier alpha value is -1.52. The molecule has 1 amide bonds. The quantitative estimate of drug-likeness (QED) is 0.911. The van der Waals surface area contributed by atoms with Crippen LogP contribution >= 0.6 is 11.6 Å². The average molecular weight is 348 g/mol. The molecular formula is C19H26ClN3O. The molecule has 1 N–H and O–H groups in total. The van der Waals surface area contributed by atoms with Crippen molar-refractivity contribution in [2.24, 2.45) is 5.41 Å². The van der Waals surface area contributed by atoms with Gasteiger partial charge in [0.25, 0.3) is 5.91 Å². The van der Waals surface area contributed by atoms with Crippen molar-refractivity contribution < 1.29 is 4.79 Å². The molecule has 1 aromatic carbocycles. The number of amides is 1. The summed E-state index contributed by atoms with van der Waals surface area (Å²) < 4.78 is 0. The molecule has 24 heavy (non-hydrogen) atoms. The highest BCUT2D eigenvalue weighted by molar-refractivity contribution is 6.31. The number of carbonyl (C=O) groups excluding carboxylic acids is 1. The summed E-state index contributed by atoms with van der Waals surface area (Å²) in [7, 11) is 0. The molecule has 0 spiro atoms. The van der Waals surface area contributed by atoms with Gasteiger partial charge in [0.15, 0.2) is 0 Å². The number of H-pyrrole nitrogens is 1. The van der Waals surface area contributed by atoms with Gasteiger partial charge in [-0.05, 0) is 36.6 Å². The molecular weight excluding hydrogens is 322 g/mol. The van der Waals surface area contributed by atoms with E-state index in [1.807, 2.05) is 29.2 Å². The predicted molar refractivity (Wildman–Crippen MR) is 99.7 cm³/mol. The first-order valence-electron chi connectivity index (χ1n) is 8.62. The smallest absolute Gasteiger partial charge is 0.270 e. The fourth-order valence-electron chi connectivity index (χ4n) is 3.05. The van der Waals surface area contributed by atoms with Gasteiger partial charge in [0.1, 0.15) is 5.69 Å². The summed E-state index contributed by atoms with van der Waals surface area (Å²) in [5.74, 6) is 0.0813. The molecule has 0 bridgehead atoms. The number of carbonyl (C=O) groups is 1. The van der Waals surface area contributed by atoms with Crippen LogP contribution in [0.2, 0.25) is 5.02 Å². The zero-order chi connectivity index (χ0) is 17.3. The molecule has 0 radical (unpaired) electrons. The summed E-state index contributed by atoms with van der Waals surface area (Å²) in [5, 5.41) is 1.70. The number of hydrogen-bond acceptors (Lipinski definition) is 2. The van der Waals surface area contributed by atoms with Crippen LogP contribution in [0.4, 0.5) is 0 Å². The van der Waals surface area contributed by atoms with Crippen molar-refractivity contribution in [3.63, 3.8) is 0 Å². The summed E-state index contributed by atoms with van der Waals surface area (Å²) in [6.07, 6.45) is 1.18. The minimum absolute atomic E-state index is 0.0813. The number of piperazine rings is 1. The second-order valence-corrected chi connectivity index (χ2v) is 8.30. The number of aromatic amines is 1. The molecule has 130 valence electrons. The Bertz CT molecular complexity index is 724.